The highest BCUT2D eigenvalue weighted by atomic mass is 32.2. The molecule has 2 nitrogen and oxygen atoms in total. The Morgan fingerprint density at radius 3 is 3.00 bits per heavy atom. The highest BCUT2D eigenvalue weighted by molar-refractivity contribution is 7.99. The summed E-state index contributed by atoms with van der Waals surface area (Å²) < 4.78 is 0. The molecule has 1 aromatic rings. The molecule has 1 aromatic carbocycles. The lowest BCUT2D eigenvalue weighted by Crippen LogP contribution is -2.40. The highest BCUT2D eigenvalue weighted by Crippen LogP contribution is 2.19. The van der Waals surface area contributed by atoms with Crippen LogP contribution in [0.2, 0.25) is 0 Å². The van der Waals surface area contributed by atoms with E-state index in [1.165, 1.54) is 50.4 Å². The second-order valence-electron chi connectivity index (χ2n) is 5.66. The van der Waals surface area contributed by atoms with Crippen molar-refractivity contribution in [2.75, 3.05) is 31.1 Å². The van der Waals surface area contributed by atoms with Crippen molar-refractivity contribution in [3.8, 4) is 0 Å². The second kappa shape index (κ2) is 6.78. The fourth-order valence-corrected chi connectivity index (χ4v) is 4.10. The molecule has 0 aromatic heterocycles. The Hall–Kier alpha value is -0.510. The van der Waals surface area contributed by atoms with E-state index in [-0.39, 0.29) is 0 Å². The van der Waals surface area contributed by atoms with E-state index >= 15 is 0 Å². The number of rotatable bonds is 3. The number of nitrogens with zero attached hydrogens (tertiary/aromatic N) is 1. The largest absolute Gasteiger partial charge is 0.312 e. The molecule has 2 heterocycles. The van der Waals surface area contributed by atoms with E-state index in [9.17, 15) is 0 Å². The van der Waals surface area contributed by atoms with Gasteiger partial charge in [-0.3, -0.25) is 4.90 Å². The van der Waals surface area contributed by atoms with E-state index in [0.29, 0.717) is 0 Å². The Labute approximate surface area is 121 Å². The topological polar surface area (TPSA) is 15.3 Å². The zero-order valence-corrected chi connectivity index (χ0v) is 12.4. The number of nitrogens with one attached hydrogen (secondary N) is 1. The van der Waals surface area contributed by atoms with Gasteiger partial charge in [-0.2, -0.15) is 11.8 Å². The maximum atomic E-state index is 3.65. The summed E-state index contributed by atoms with van der Waals surface area (Å²) in [6, 6.07) is 9.71. The first-order valence-corrected chi connectivity index (χ1v) is 8.67. The minimum Gasteiger partial charge on any atom is -0.312 e. The van der Waals surface area contributed by atoms with Gasteiger partial charge in [-0.25, -0.2) is 0 Å². The quantitative estimate of drug-likeness (QED) is 0.913. The molecule has 2 aliphatic heterocycles. The van der Waals surface area contributed by atoms with Crippen molar-refractivity contribution in [1.29, 1.82) is 0 Å². The fraction of sp³-hybridized carbons (Fsp3) is 0.625. The van der Waals surface area contributed by atoms with Crippen LogP contribution in [0.3, 0.4) is 0 Å². The molecule has 0 aliphatic carbocycles. The third-order valence-corrected chi connectivity index (χ3v) is 5.36. The van der Waals surface area contributed by atoms with E-state index in [1.807, 2.05) is 0 Å². The first-order valence-electron chi connectivity index (χ1n) is 7.52. The maximum absolute atomic E-state index is 3.65. The van der Waals surface area contributed by atoms with E-state index in [2.05, 4.69) is 46.2 Å². The van der Waals surface area contributed by atoms with Gasteiger partial charge in [-0.15, -0.1) is 0 Å². The van der Waals surface area contributed by atoms with Crippen LogP contribution in [0.5, 0.6) is 0 Å². The van der Waals surface area contributed by atoms with Crippen LogP contribution in [-0.4, -0.2) is 42.1 Å². The average Bonchev–Trinajstić information content (AvgIpc) is 2.68. The monoisotopic (exact) mass is 276 g/mol. The molecule has 3 heteroatoms. The zero-order chi connectivity index (χ0) is 12.9. The summed E-state index contributed by atoms with van der Waals surface area (Å²) in [5.41, 5.74) is 3.11. The van der Waals surface area contributed by atoms with E-state index in [4.69, 9.17) is 0 Å². The van der Waals surface area contributed by atoms with Crippen molar-refractivity contribution in [3.63, 3.8) is 0 Å². The highest BCUT2D eigenvalue weighted by Gasteiger charge is 2.17. The molecular formula is C16H24N2S. The summed E-state index contributed by atoms with van der Waals surface area (Å²) in [6.07, 6.45) is 3.86. The van der Waals surface area contributed by atoms with Crippen LogP contribution in [0, 0.1) is 0 Å². The normalized spacial score (nSPS) is 24.7. The van der Waals surface area contributed by atoms with Gasteiger partial charge < -0.3 is 5.32 Å². The van der Waals surface area contributed by atoms with Crippen LogP contribution in [0.25, 0.3) is 0 Å². The van der Waals surface area contributed by atoms with Crippen molar-refractivity contribution >= 4 is 11.8 Å². The minimum atomic E-state index is 0.734. The molecular weight excluding hydrogens is 252 g/mol. The van der Waals surface area contributed by atoms with Gasteiger partial charge in [0.05, 0.1) is 0 Å². The first-order chi connectivity index (χ1) is 9.42. The molecule has 0 spiro atoms. The minimum absolute atomic E-state index is 0.734. The van der Waals surface area contributed by atoms with Crippen molar-refractivity contribution in [2.45, 2.75) is 31.8 Å². The Kier molecular flexibility index (Phi) is 4.81. The van der Waals surface area contributed by atoms with Gasteiger partial charge in [0.1, 0.15) is 0 Å². The van der Waals surface area contributed by atoms with Gasteiger partial charge in [0.25, 0.3) is 0 Å². The van der Waals surface area contributed by atoms with Crippen molar-refractivity contribution in [3.05, 3.63) is 35.4 Å². The van der Waals surface area contributed by atoms with Crippen LogP contribution in [0.4, 0.5) is 0 Å². The summed E-state index contributed by atoms with van der Waals surface area (Å²) in [5.74, 6) is 2.58. The van der Waals surface area contributed by atoms with Gasteiger partial charge >= 0.3 is 0 Å². The van der Waals surface area contributed by atoms with Gasteiger partial charge in [0.2, 0.25) is 0 Å². The molecule has 1 N–H and O–H groups in total. The summed E-state index contributed by atoms with van der Waals surface area (Å²) in [5, 5.41) is 3.65. The number of fused-ring (bicyclic) bond motifs is 1. The third kappa shape index (κ3) is 3.74. The molecule has 0 radical (unpaired) electrons. The second-order valence-corrected chi connectivity index (χ2v) is 6.81. The van der Waals surface area contributed by atoms with Crippen molar-refractivity contribution in [1.82, 2.24) is 10.2 Å². The number of hydrogen-bond acceptors (Lipinski definition) is 3. The molecule has 1 saturated heterocycles. The smallest absolute Gasteiger partial charge is 0.0236 e. The van der Waals surface area contributed by atoms with Crippen LogP contribution in [0.1, 0.15) is 24.0 Å². The average molecular weight is 276 g/mol. The predicted molar refractivity (Wildman–Crippen MR) is 83.8 cm³/mol. The van der Waals surface area contributed by atoms with Gasteiger partial charge in [-0.05, 0) is 43.5 Å². The summed E-state index contributed by atoms with van der Waals surface area (Å²) in [4.78, 5) is 2.65. The molecule has 104 valence electrons. The molecule has 1 unspecified atom stereocenters. The molecule has 1 atom stereocenters. The Bertz CT molecular complexity index is 401. The van der Waals surface area contributed by atoms with Gasteiger partial charge in [0, 0.05) is 30.6 Å². The van der Waals surface area contributed by atoms with E-state index < -0.39 is 0 Å². The lowest BCUT2D eigenvalue weighted by atomic mass is 10.0. The predicted octanol–water partition coefficient (Wildman–Crippen LogP) is 2.53. The van der Waals surface area contributed by atoms with Crippen LogP contribution in [-0.2, 0) is 13.0 Å². The van der Waals surface area contributed by atoms with Crippen molar-refractivity contribution in [2.24, 2.45) is 0 Å². The Balaban J connectivity index is 1.54. The zero-order valence-electron chi connectivity index (χ0n) is 11.6. The van der Waals surface area contributed by atoms with E-state index in [1.54, 1.807) is 11.1 Å². The third-order valence-electron chi connectivity index (χ3n) is 4.23. The Morgan fingerprint density at radius 1 is 1.26 bits per heavy atom. The summed E-state index contributed by atoms with van der Waals surface area (Å²) in [7, 11) is 0. The molecule has 0 bridgehead atoms. The van der Waals surface area contributed by atoms with Crippen LogP contribution in [0.15, 0.2) is 24.3 Å². The molecule has 0 saturated carbocycles. The van der Waals surface area contributed by atoms with Gasteiger partial charge in [0.15, 0.2) is 0 Å². The summed E-state index contributed by atoms with van der Waals surface area (Å²) in [6.45, 7) is 4.84. The molecule has 3 rings (SSSR count). The number of hydrogen-bond donors (Lipinski definition) is 1. The SMILES string of the molecule is c1ccc2c(c1)CCCN(CCC1CSCCN1)C2. The fourth-order valence-electron chi connectivity index (χ4n) is 3.10. The molecule has 0 amide bonds. The van der Waals surface area contributed by atoms with Crippen molar-refractivity contribution < 1.29 is 0 Å². The van der Waals surface area contributed by atoms with E-state index in [0.717, 1.165) is 12.6 Å². The lowest BCUT2D eigenvalue weighted by Gasteiger charge is -2.27. The molecule has 19 heavy (non-hydrogen) atoms. The standard InChI is InChI=1S/C16H24N2S/c1-2-5-15-12-18(9-3-6-14(15)4-1)10-7-16-13-19-11-8-17-16/h1-2,4-5,16-17H,3,6-13H2. The van der Waals surface area contributed by atoms with Gasteiger partial charge in [-0.1, -0.05) is 24.3 Å². The lowest BCUT2D eigenvalue weighted by molar-refractivity contribution is 0.255. The molecule has 2 aliphatic rings. The Morgan fingerprint density at radius 2 is 2.16 bits per heavy atom. The van der Waals surface area contributed by atoms with Crippen LogP contribution < -0.4 is 5.32 Å². The van der Waals surface area contributed by atoms with Crippen LogP contribution >= 0.6 is 11.8 Å². The summed E-state index contributed by atoms with van der Waals surface area (Å²) >= 11 is 2.10. The number of benzene rings is 1. The maximum Gasteiger partial charge on any atom is 0.0236 e. The first kappa shape index (κ1) is 13.5. The number of aryl methyl sites for hydroxylation is 1. The number of thioether (sulfide) groups is 1. The molecule has 1 fully saturated rings.